The van der Waals surface area contributed by atoms with E-state index in [9.17, 15) is 4.79 Å². The van der Waals surface area contributed by atoms with Crippen molar-refractivity contribution in [3.05, 3.63) is 11.7 Å². The van der Waals surface area contributed by atoms with Gasteiger partial charge in [0.1, 0.15) is 0 Å². The van der Waals surface area contributed by atoms with Crippen molar-refractivity contribution in [1.82, 2.24) is 19.9 Å². The fourth-order valence-corrected chi connectivity index (χ4v) is 4.77. The van der Waals surface area contributed by atoms with Gasteiger partial charge < -0.3 is 19.1 Å². The lowest BCUT2D eigenvalue weighted by Crippen LogP contribution is -2.50. The number of piperidine rings is 1. The van der Waals surface area contributed by atoms with Gasteiger partial charge in [0.05, 0.1) is 0 Å². The minimum absolute atomic E-state index is 0.0336. The zero-order chi connectivity index (χ0) is 19.6. The van der Waals surface area contributed by atoms with Crippen molar-refractivity contribution in [2.45, 2.75) is 70.1 Å². The van der Waals surface area contributed by atoms with Crippen LogP contribution < -0.4 is 0 Å². The van der Waals surface area contributed by atoms with E-state index >= 15 is 0 Å². The van der Waals surface area contributed by atoms with Crippen molar-refractivity contribution >= 4 is 6.03 Å². The number of hydrogen-bond acceptors (Lipinski definition) is 5. The highest BCUT2D eigenvalue weighted by molar-refractivity contribution is 5.74. The Morgan fingerprint density at radius 2 is 1.82 bits per heavy atom. The molecule has 0 aromatic carbocycles. The molecule has 28 heavy (non-hydrogen) atoms. The molecule has 0 radical (unpaired) electrons. The Labute approximate surface area is 167 Å². The number of hydrogen-bond donors (Lipinski definition) is 0. The number of amides is 2. The first-order valence-corrected chi connectivity index (χ1v) is 11.1. The first-order chi connectivity index (χ1) is 13.6. The number of urea groups is 1. The minimum atomic E-state index is -0.0336. The molecule has 1 aromatic heterocycles. The van der Waals surface area contributed by atoms with Crippen molar-refractivity contribution in [2.75, 3.05) is 39.4 Å². The van der Waals surface area contributed by atoms with Crippen LogP contribution in [0.1, 0.15) is 76.4 Å². The monoisotopic (exact) mass is 390 g/mol. The Morgan fingerprint density at radius 3 is 2.43 bits per heavy atom. The van der Waals surface area contributed by atoms with E-state index in [1.807, 2.05) is 23.6 Å². The standard InChI is InChI=1S/C21H34N4O3/c1-3-24(4-2)20(26)25-11-9-21(10-12-25,15-16-5-6-16)19-22-18(28-23-19)17-7-13-27-14-8-17/h16-17H,3-15H2,1-2H3. The molecule has 0 spiro atoms. The molecule has 3 heterocycles. The summed E-state index contributed by atoms with van der Waals surface area (Å²) in [6.07, 6.45) is 7.55. The molecule has 7 heteroatoms. The summed E-state index contributed by atoms with van der Waals surface area (Å²) in [4.78, 5) is 21.6. The lowest BCUT2D eigenvalue weighted by atomic mass is 9.73. The second-order valence-corrected chi connectivity index (χ2v) is 8.71. The maximum atomic E-state index is 12.7. The lowest BCUT2D eigenvalue weighted by Gasteiger charge is -2.41. The van der Waals surface area contributed by atoms with Gasteiger partial charge in [-0.25, -0.2) is 4.79 Å². The summed E-state index contributed by atoms with van der Waals surface area (Å²) in [5.74, 6) is 2.79. The van der Waals surface area contributed by atoms with Crippen molar-refractivity contribution in [3.63, 3.8) is 0 Å². The average Bonchev–Trinajstić information content (AvgIpc) is 3.40. The van der Waals surface area contributed by atoms with Gasteiger partial charge in [-0.15, -0.1) is 0 Å². The van der Waals surface area contributed by atoms with Crippen LogP contribution >= 0.6 is 0 Å². The Kier molecular flexibility index (Phi) is 5.90. The molecule has 7 nitrogen and oxygen atoms in total. The Bertz CT molecular complexity index is 654. The van der Waals surface area contributed by atoms with Crippen molar-refractivity contribution in [3.8, 4) is 0 Å². The third-order valence-corrected chi connectivity index (χ3v) is 6.89. The van der Waals surface area contributed by atoms with Gasteiger partial charge in [0.15, 0.2) is 5.82 Å². The maximum Gasteiger partial charge on any atom is 0.319 e. The quantitative estimate of drug-likeness (QED) is 0.743. The van der Waals surface area contributed by atoms with E-state index < -0.39 is 0 Å². The molecule has 0 bridgehead atoms. The molecule has 3 fully saturated rings. The maximum absolute atomic E-state index is 12.7. The fraction of sp³-hybridized carbons (Fsp3) is 0.857. The van der Waals surface area contributed by atoms with Crippen LogP contribution in [0.5, 0.6) is 0 Å². The van der Waals surface area contributed by atoms with Crippen LogP contribution in [0.3, 0.4) is 0 Å². The van der Waals surface area contributed by atoms with E-state index in [-0.39, 0.29) is 11.4 Å². The largest absolute Gasteiger partial charge is 0.381 e. The number of carbonyl (C=O) groups is 1. The molecular formula is C21H34N4O3. The summed E-state index contributed by atoms with van der Waals surface area (Å²) >= 11 is 0. The van der Waals surface area contributed by atoms with Gasteiger partial charge in [0.25, 0.3) is 0 Å². The van der Waals surface area contributed by atoms with Crippen LogP contribution in [0, 0.1) is 5.92 Å². The van der Waals surface area contributed by atoms with E-state index in [0.717, 1.165) is 89.1 Å². The number of ether oxygens (including phenoxy) is 1. The third kappa shape index (κ3) is 4.04. The van der Waals surface area contributed by atoms with E-state index in [2.05, 4.69) is 5.16 Å². The predicted octanol–water partition coefficient (Wildman–Crippen LogP) is 3.56. The van der Waals surface area contributed by atoms with Crippen LogP contribution in [0.25, 0.3) is 0 Å². The van der Waals surface area contributed by atoms with E-state index in [1.54, 1.807) is 0 Å². The van der Waals surface area contributed by atoms with Gasteiger partial charge in [-0.1, -0.05) is 18.0 Å². The normalized spacial score (nSPS) is 23.0. The second kappa shape index (κ2) is 8.39. The van der Waals surface area contributed by atoms with Crippen molar-refractivity contribution in [1.29, 1.82) is 0 Å². The Hall–Kier alpha value is -1.63. The second-order valence-electron chi connectivity index (χ2n) is 8.71. The highest BCUT2D eigenvalue weighted by Gasteiger charge is 2.45. The van der Waals surface area contributed by atoms with Crippen LogP contribution in [-0.4, -0.2) is 65.4 Å². The van der Waals surface area contributed by atoms with Gasteiger partial charge in [0.2, 0.25) is 5.89 Å². The molecule has 0 unspecified atom stereocenters. The molecule has 1 aromatic rings. The zero-order valence-electron chi connectivity index (χ0n) is 17.4. The molecule has 1 aliphatic carbocycles. The van der Waals surface area contributed by atoms with Gasteiger partial charge >= 0.3 is 6.03 Å². The van der Waals surface area contributed by atoms with E-state index in [0.29, 0.717) is 5.92 Å². The van der Waals surface area contributed by atoms with Crippen LogP contribution in [0.4, 0.5) is 4.79 Å². The van der Waals surface area contributed by atoms with E-state index in [1.165, 1.54) is 12.8 Å². The number of aromatic nitrogens is 2. The fourth-order valence-electron chi connectivity index (χ4n) is 4.77. The molecule has 3 aliphatic rings. The first-order valence-electron chi connectivity index (χ1n) is 11.1. The summed E-state index contributed by atoms with van der Waals surface area (Å²) in [5.41, 5.74) is -0.0336. The Morgan fingerprint density at radius 1 is 1.14 bits per heavy atom. The molecular weight excluding hydrogens is 356 g/mol. The molecule has 0 atom stereocenters. The zero-order valence-corrected chi connectivity index (χ0v) is 17.4. The van der Waals surface area contributed by atoms with Crippen LogP contribution in [0.2, 0.25) is 0 Å². The number of likely N-dealkylation sites (tertiary alicyclic amines) is 1. The number of carbonyl (C=O) groups excluding carboxylic acids is 1. The highest BCUT2D eigenvalue weighted by atomic mass is 16.5. The average molecular weight is 391 g/mol. The topological polar surface area (TPSA) is 71.7 Å². The van der Waals surface area contributed by atoms with Gasteiger partial charge in [-0.2, -0.15) is 4.98 Å². The third-order valence-electron chi connectivity index (χ3n) is 6.89. The summed E-state index contributed by atoms with van der Waals surface area (Å²) < 4.78 is 11.2. The SMILES string of the molecule is CCN(CC)C(=O)N1CCC(CC2CC2)(c2noc(C3CCOCC3)n2)CC1. The van der Waals surface area contributed by atoms with Crippen molar-refractivity contribution in [2.24, 2.45) is 5.92 Å². The van der Waals surface area contributed by atoms with Gasteiger partial charge in [-0.3, -0.25) is 0 Å². The summed E-state index contributed by atoms with van der Waals surface area (Å²) in [6, 6.07) is 0.168. The first kappa shape index (κ1) is 19.7. The molecule has 0 N–H and O–H groups in total. The van der Waals surface area contributed by atoms with Gasteiger partial charge in [0, 0.05) is 50.7 Å². The van der Waals surface area contributed by atoms with E-state index in [4.69, 9.17) is 14.2 Å². The van der Waals surface area contributed by atoms with Crippen molar-refractivity contribution < 1.29 is 14.1 Å². The number of nitrogens with zero attached hydrogens (tertiary/aromatic N) is 4. The minimum Gasteiger partial charge on any atom is -0.381 e. The summed E-state index contributed by atoms with van der Waals surface area (Å²) in [5, 5.41) is 4.46. The number of rotatable bonds is 6. The summed E-state index contributed by atoms with van der Waals surface area (Å²) in [7, 11) is 0. The molecule has 156 valence electrons. The molecule has 2 saturated heterocycles. The lowest BCUT2D eigenvalue weighted by molar-refractivity contribution is 0.0778. The highest BCUT2D eigenvalue weighted by Crippen LogP contribution is 2.47. The van der Waals surface area contributed by atoms with Crippen LogP contribution in [0.15, 0.2) is 4.52 Å². The van der Waals surface area contributed by atoms with Gasteiger partial charge in [-0.05, 0) is 51.9 Å². The molecule has 2 amide bonds. The molecule has 2 aliphatic heterocycles. The smallest absolute Gasteiger partial charge is 0.319 e. The predicted molar refractivity (Wildman–Crippen MR) is 105 cm³/mol. The Balaban J connectivity index is 1.48. The van der Waals surface area contributed by atoms with Crippen LogP contribution in [-0.2, 0) is 10.2 Å². The summed E-state index contributed by atoms with van der Waals surface area (Å²) in [6.45, 7) is 8.72. The molecule has 4 rings (SSSR count). The molecule has 1 saturated carbocycles.